The van der Waals surface area contributed by atoms with Gasteiger partial charge >= 0.3 is 5.97 Å². The van der Waals surface area contributed by atoms with Crippen LogP contribution in [0.1, 0.15) is 32.6 Å². The van der Waals surface area contributed by atoms with E-state index in [0.717, 1.165) is 25.7 Å². The van der Waals surface area contributed by atoms with Gasteiger partial charge in [-0.05, 0) is 19.8 Å². The highest BCUT2D eigenvalue weighted by molar-refractivity contribution is 5.89. The summed E-state index contributed by atoms with van der Waals surface area (Å²) in [5, 5.41) is 2.88. The van der Waals surface area contributed by atoms with E-state index in [1.807, 2.05) is 0 Å². The largest absolute Gasteiger partial charge is 0.493 e. The van der Waals surface area contributed by atoms with Gasteiger partial charge in [-0.3, -0.25) is 4.79 Å². The Hall–Kier alpha value is -1.72. The maximum atomic E-state index is 11.8. The molecular weight excluding hydrogens is 250 g/mol. The minimum Gasteiger partial charge on any atom is -0.493 e. The lowest BCUT2D eigenvalue weighted by Gasteiger charge is -2.19. The van der Waals surface area contributed by atoms with E-state index in [0.29, 0.717) is 13.2 Å². The molecule has 0 unspecified atom stereocenters. The predicted octanol–water partition coefficient (Wildman–Crippen LogP) is 0.865. The van der Waals surface area contributed by atoms with Crippen molar-refractivity contribution in [3.63, 3.8) is 0 Å². The molecule has 0 saturated heterocycles. The lowest BCUT2D eigenvalue weighted by molar-refractivity contribution is -0.155. The van der Waals surface area contributed by atoms with Crippen LogP contribution in [0.2, 0.25) is 0 Å². The molecule has 1 saturated carbocycles. The van der Waals surface area contributed by atoms with Crippen molar-refractivity contribution in [3.05, 3.63) is 12.0 Å². The number of hydrogen-bond acceptors (Lipinski definition) is 5. The molecule has 19 heavy (non-hydrogen) atoms. The number of amides is 1. The maximum Gasteiger partial charge on any atom is 0.377 e. The Bertz CT molecular complexity index is 373. The number of carbonyl (C=O) groups is 2. The lowest BCUT2D eigenvalue weighted by Crippen LogP contribution is -2.41. The zero-order valence-electron chi connectivity index (χ0n) is 11.0. The van der Waals surface area contributed by atoms with Crippen molar-refractivity contribution >= 4 is 11.9 Å². The van der Waals surface area contributed by atoms with Crippen LogP contribution in [0.25, 0.3) is 0 Å². The molecule has 1 atom stereocenters. The summed E-state index contributed by atoms with van der Waals surface area (Å²) in [6.45, 7) is 2.27. The average molecular weight is 269 g/mol. The standard InChI is InChI=1S/C13H19NO5/c1-9(12(15)14-10-4-2-3-5-10)19-13(16)11-8-17-6-7-18-11/h8-10H,2-7H2,1H3,(H,14,15)/t9-/m0/s1. The highest BCUT2D eigenvalue weighted by atomic mass is 16.6. The SMILES string of the molecule is C[C@H](OC(=O)C1=COCCO1)C(=O)NC1CCCC1. The smallest absolute Gasteiger partial charge is 0.377 e. The van der Waals surface area contributed by atoms with Crippen LogP contribution in [0.3, 0.4) is 0 Å². The van der Waals surface area contributed by atoms with Crippen LogP contribution < -0.4 is 5.32 Å². The van der Waals surface area contributed by atoms with Gasteiger partial charge in [-0.15, -0.1) is 0 Å². The molecule has 1 heterocycles. The number of esters is 1. The molecule has 1 aliphatic carbocycles. The van der Waals surface area contributed by atoms with Crippen LogP contribution in [0.5, 0.6) is 0 Å². The fourth-order valence-electron chi connectivity index (χ4n) is 2.14. The Kier molecular flexibility index (Phi) is 4.65. The van der Waals surface area contributed by atoms with Crippen LogP contribution in [-0.2, 0) is 23.8 Å². The zero-order chi connectivity index (χ0) is 13.7. The third kappa shape index (κ3) is 3.87. The number of hydrogen-bond donors (Lipinski definition) is 1. The average Bonchev–Trinajstić information content (AvgIpc) is 2.92. The van der Waals surface area contributed by atoms with E-state index in [1.54, 1.807) is 6.92 Å². The second-order valence-electron chi connectivity index (χ2n) is 4.74. The van der Waals surface area contributed by atoms with Crippen molar-refractivity contribution in [2.75, 3.05) is 13.2 Å². The van der Waals surface area contributed by atoms with E-state index < -0.39 is 12.1 Å². The zero-order valence-corrected chi connectivity index (χ0v) is 11.0. The van der Waals surface area contributed by atoms with Gasteiger partial charge in [0.25, 0.3) is 5.91 Å². The summed E-state index contributed by atoms with van der Waals surface area (Å²) in [7, 11) is 0. The lowest BCUT2D eigenvalue weighted by atomic mass is 10.2. The second-order valence-corrected chi connectivity index (χ2v) is 4.74. The van der Waals surface area contributed by atoms with Gasteiger partial charge in [0, 0.05) is 6.04 Å². The van der Waals surface area contributed by atoms with Crippen molar-refractivity contribution < 1.29 is 23.8 Å². The molecule has 6 nitrogen and oxygen atoms in total. The molecule has 1 aliphatic heterocycles. The number of carbonyl (C=O) groups excluding carboxylic acids is 2. The fourth-order valence-corrected chi connectivity index (χ4v) is 2.14. The molecule has 0 radical (unpaired) electrons. The van der Waals surface area contributed by atoms with Crippen LogP contribution in [0, 0.1) is 0 Å². The third-order valence-corrected chi connectivity index (χ3v) is 3.20. The Morgan fingerprint density at radius 2 is 2.11 bits per heavy atom. The first-order valence-electron chi connectivity index (χ1n) is 6.63. The highest BCUT2D eigenvalue weighted by Crippen LogP contribution is 2.18. The van der Waals surface area contributed by atoms with Crippen molar-refractivity contribution in [2.45, 2.75) is 44.8 Å². The van der Waals surface area contributed by atoms with Gasteiger partial charge in [-0.1, -0.05) is 12.8 Å². The first-order valence-corrected chi connectivity index (χ1v) is 6.63. The fraction of sp³-hybridized carbons (Fsp3) is 0.692. The van der Waals surface area contributed by atoms with E-state index in [9.17, 15) is 9.59 Å². The Labute approximate surface area is 112 Å². The Morgan fingerprint density at radius 3 is 2.74 bits per heavy atom. The molecule has 0 bridgehead atoms. The van der Waals surface area contributed by atoms with Crippen LogP contribution >= 0.6 is 0 Å². The summed E-state index contributed by atoms with van der Waals surface area (Å²) in [6.07, 6.45) is 4.64. The van der Waals surface area contributed by atoms with E-state index in [1.165, 1.54) is 6.26 Å². The summed E-state index contributed by atoms with van der Waals surface area (Å²) >= 11 is 0. The van der Waals surface area contributed by atoms with Gasteiger partial charge in [0.1, 0.15) is 19.5 Å². The second kappa shape index (κ2) is 6.45. The predicted molar refractivity (Wildman–Crippen MR) is 65.9 cm³/mol. The maximum absolute atomic E-state index is 11.8. The van der Waals surface area contributed by atoms with Gasteiger partial charge in [-0.25, -0.2) is 4.79 Å². The van der Waals surface area contributed by atoms with Gasteiger partial charge in [0.05, 0.1) is 0 Å². The van der Waals surface area contributed by atoms with Crippen molar-refractivity contribution in [2.24, 2.45) is 0 Å². The Morgan fingerprint density at radius 1 is 1.37 bits per heavy atom. The molecule has 0 aromatic carbocycles. The molecule has 2 aliphatic rings. The normalized spacial score (nSPS) is 20.8. The summed E-state index contributed by atoms with van der Waals surface area (Å²) in [5.41, 5.74) is 0. The van der Waals surface area contributed by atoms with Gasteiger partial charge in [0.2, 0.25) is 5.76 Å². The molecular formula is C13H19NO5. The topological polar surface area (TPSA) is 73.9 Å². The van der Waals surface area contributed by atoms with E-state index in [4.69, 9.17) is 14.2 Å². The minimum atomic E-state index is -0.834. The summed E-state index contributed by atoms with van der Waals surface area (Å²) in [4.78, 5) is 23.5. The number of nitrogens with one attached hydrogen (secondary N) is 1. The van der Waals surface area contributed by atoms with Gasteiger partial charge in [-0.2, -0.15) is 0 Å². The van der Waals surface area contributed by atoms with Crippen molar-refractivity contribution in [3.8, 4) is 0 Å². The molecule has 1 N–H and O–H groups in total. The van der Waals surface area contributed by atoms with E-state index in [-0.39, 0.29) is 17.7 Å². The molecule has 106 valence electrons. The summed E-state index contributed by atoms with van der Waals surface area (Å²) < 4.78 is 15.1. The van der Waals surface area contributed by atoms with Crippen LogP contribution in [0.4, 0.5) is 0 Å². The van der Waals surface area contributed by atoms with E-state index in [2.05, 4.69) is 5.32 Å². The first kappa shape index (κ1) is 13.7. The quantitative estimate of drug-likeness (QED) is 0.766. The van der Waals surface area contributed by atoms with Gasteiger partial charge in [0.15, 0.2) is 6.10 Å². The summed E-state index contributed by atoms with van der Waals surface area (Å²) in [5.74, 6) is -0.932. The molecule has 1 fully saturated rings. The number of rotatable bonds is 4. The molecule has 1 amide bonds. The van der Waals surface area contributed by atoms with Crippen LogP contribution in [0.15, 0.2) is 12.0 Å². The van der Waals surface area contributed by atoms with Crippen molar-refractivity contribution in [1.29, 1.82) is 0 Å². The summed E-state index contributed by atoms with van der Waals surface area (Å²) in [6, 6.07) is 0.210. The van der Waals surface area contributed by atoms with Gasteiger partial charge < -0.3 is 19.5 Å². The molecule has 0 aromatic rings. The Balaban J connectivity index is 1.78. The highest BCUT2D eigenvalue weighted by Gasteiger charge is 2.25. The first-order chi connectivity index (χ1) is 9.16. The van der Waals surface area contributed by atoms with Crippen molar-refractivity contribution in [1.82, 2.24) is 5.32 Å². The molecule has 2 rings (SSSR count). The van der Waals surface area contributed by atoms with Crippen LogP contribution in [-0.4, -0.2) is 37.2 Å². The third-order valence-electron chi connectivity index (χ3n) is 3.20. The molecule has 0 spiro atoms. The minimum absolute atomic E-state index is 0.00627. The molecule has 6 heteroatoms. The monoisotopic (exact) mass is 269 g/mol. The molecule has 0 aromatic heterocycles. The number of ether oxygens (including phenoxy) is 3. The van der Waals surface area contributed by atoms with E-state index >= 15 is 0 Å².